The third-order valence-electron chi connectivity index (χ3n) is 3.28. The van der Waals surface area contributed by atoms with E-state index in [1.807, 2.05) is 0 Å². The summed E-state index contributed by atoms with van der Waals surface area (Å²) in [5, 5.41) is 10.7. The molecular formula is C17H14ClN3O4. The van der Waals surface area contributed by atoms with Gasteiger partial charge in [0.05, 0.1) is 7.11 Å². The molecule has 0 unspecified atom stereocenters. The predicted molar refractivity (Wildman–Crippen MR) is 91.9 cm³/mol. The normalized spacial score (nSPS) is 10.3. The number of amides is 1. The molecule has 1 amide bonds. The van der Waals surface area contributed by atoms with Crippen LogP contribution in [0.5, 0.6) is 11.5 Å². The van der Waals surface area contributed by atoms with Crippen molar-refractivity contribution in [2.24, 2.45) is 0 Å². The van der Waals surface area contributed by atoms with Crippen molar-refractivity contribution in [2.75, 3.05) is 19.0 Å². The second-order valence-electron chi connectivity index (χ2n) is 4.98. The molecule has 3 aromatic rings. The van der Waals surface area contributed by atoms with E-state index in [1.165, 1.54) is 0 Å². The van der Waals surface area contributed by atoms with Gasteiger partial charge in [-0.2, -0.15) is 0 Å². The van der Waals surface area contributed by atoms with Gasteiger partial charge in [-0.05, 0) is 52.8 Å². The van der Waals surface area contributed by atoms with E-state index in [4.69, 9.17) is 25.7 Å². The summed E-state index contributed by atoms with van der Waals surface area (Å²) in [4.78, 5) is 12.1. The number of methoxy groups -OCH3 is 1. The van der Waals surface area contributed by atoms with Crippen LogP contribution in [0.3, 0.4) is 0 Å². The molecule has 25 heavy (non-hydrogen) atoms. The van der Waals surface area contributed by atoms with Crippen LogP contribution in [0.25, 0.3) is 11.3 Å². The average Bonchev–Trinajstić information content (AvgIpc) is 3.08. The lowest BCUT2D eigenvalue weighted by molar-refractivity contribution is -0.118. The number of halogens is 1. The van der Waals surface area contributed by atoms with E-state index in [9.17, 15) is 4.79 Å². The number of nitrogens with zero attached hydrogens (tertiary/aromatic N) is 2. The molecule has 3 rings (SSSR count). The molecular weight excluding hydrogens is 346 g/mol. The Bertz CT molecular complexity index is 864. The van der Waals surface area contributed by atoms with E-state index in [1.54, 1.807) is 55.6 Å². The van der Waals surface area contributed by atoms with Crippen molar-refractivity contribution in [1.82, 2.24) is 10.3 Å². The van der Waals surface area contributed by atoms with Crippen molar-refractivity contribution < 1.29 is 18.9 Å². The molecule has 0 aliphatic heterocycles. The number of rotatable bonds is 6. The molecule has 1 heterocycles. The predicted octanol–water partition coefficient (Wildman–Crippen LogP) is 3.42. The zero-order valence-electron chi connectivity index (χ0n) is 13.2. The van der Waals surface area contributed by atoms with E-state index < -0.39 is 5.91 Å². The van der Waals surface area contributed by atoms with Crippen LogP contribution in [-0.2, 0) is 4.79 Å². The van der Waals surface area contributed by atoms with Crippen molar-refractivity contribution in [3.8, 4) is 22.8 Å². The quantitative estimate of drug-likeness (QED) is 0.725. The molecule has 0 aliphatic rings. The highest BCUT2D eigenvalue weighted by Gasteiger charge is 2.15. The Balaban J connectivity index is 1.65. The first-order valence-corrected chi connectivity index (χ1v) is 7.68. The van der Waals surface area contributed by atoms with Gasteiger partial charge in [0.25, 0.3) is 5.91 Å². The van der Waals surface area contributed by atoms with E-state index in [0.29, 0.717) is 22.2 Å². The monoisotopic (exact) mass is 359 g/mol. The molecule has 8 heteroatoms. The molecule has 1 aromatic heterocycles. The van der Waals surface area contributed by atoms with Crippen molar-refractivity contribution in [1.29, 1.82) is 0 Å². The summed E-state index contributed by atoms with van der Waals surface area (Å²) in [6.07, 6.45) is 0. The zero-order valence-corrected chi connectivity index (χ0v) is 14.0. The molecule has 2 aromatic carbocycles. The van der Waals surface area contributed by atoms with E-state index in [0.717, 1.165) is 5.56 Å². The molecule has 0 saturated heterocycles. The highest BCUT2D eigenvalue weighted by molar-refractivity contribution is 6.30. The second kappa shape index (κ2) is 7.67. The van der Waals surface area contributed by atoms with E-state index in [-0.39, 0.29) is 12.4 Å². The maximum atomic E-state index is 12.1. The summed E-state index contributed by atoms with van der Waals surface area (Å²) in [5.74, 6) is 1.02. The van der Waals surface area contributed by atoms with Crippen molar-refractivity contribution in [3.63, 3.8) is 0 Å². The molecule has 0 bridgehead atoms. The first-order valence-electron chi connectivity index (χ1n) is 7.31. The van der Waals surface area contributed by atoms with Gasteiger partial charge in [-0.3, -0.25) is 4.79 Å². The van der Waals surface area contributed by atoms with Crippen LogP contribution in [-0.4, -0.2) is 29.9 Å². The smallest absolute Gasteiger partial charge is 0.263 e. The van der Waals surface area contributed by atoms with Gasteiger partial charge in [0.1, 0.15) is 11.5 Å². The molecule has 7 nitrogen and oxygen atoms in total. The molecule has 0 spiro atoms. The van der Waals surface area contributed by atoms with Crippen LogP contribution >= 0.6 is 11.6 Å². The van der Waals surface area contributed by atoms with Crippen LogP contribution < -0.4 is 14.8 Å². The third kappa shape index (κ3) is 4.27. The number of hydrogen-bond acceptors (Lipinski definition) is 6. The standard InChI is InChI=1S/C17H14ClN3O4/c1-23-13-7-5-11(6-8-13)16-17(21-25-20-16)19-15(22)10-24-14-4-2-3-12(18)9-14/h2-9H,10H2,1H3,(H,19,21,22). The number of carbonyl (C=O) groups is 1. The van der Waals surface area contributed by atoms with Crippen LogP contribution in [0.1, 0.15) is 0 Å². The van der Waals surface area contributed by atoms with E-state index >= 15 is 0 Å². The highest BCUT2D eigenvalue weighted by atomic mass is 35.5. The fraction of sp³-hybridized carbons (Fsp3) is 0.118. The maximum Gasteiger partial charge on any atom is 0.263 e. The topological polar surface area (TPSA) is 86.5 Å². The van der Waals surface area contributed by atoms with Gasteiger partial charge < -0.3 is 14.8 Å². The van der Waals surface area contributed by atoms with Gasteiger partial charge in [0, 0.05) is 10.6 Å². The fourth-order valence-corrected chi connectivity index (χ4v) is 2.26. The van der Waals surface area contributed by atoms with Gasteiger partial charge in [-0.15, -0.1) is 0 Å². The first kappa shape index (κ1) is 16.8. The lowest BCUT2D eigenvalue weighted by Gasteiger charge is -2.07. The van der Waals surface area contributed by atoms with E-state index in [2.05, 4.69) is 15.6 Å². The average molecular weight is 360 g/mol. The van der Waals surface area contributed by atoms with Crippen molar-refractivity contribution in [3.05, 3.63) is 53.6 Å². The summed E-state index contributed by atoms with van der Waals surface area (Å²) in [7, 11) is 1.58. The minimum absolute atomic E-state index is 0.199. The Morgan fingerprint density at radius 2 is 1.96 bits per heavy atom. The Morgan fingerprint density at radius 3 is 2.68 bits per heavy atom. The maximum absolute atomic E-state index is 12.1. The number of aromatic nitrogens is 2. The fourth-order valence-electron chi connectivity index (χ4n) is 2.08. The SMILES string of the molecule is COc1ccc(-c2nonc2NC(=O)COc2cccc(Cl)c2)cc1. The van der Waals surface area contributed by atoms with Crippen molar-refractivity contribution in [2.45, 2.75) is 0 Å². The molecule has 0 radical (unpaired) electrons. The van der Waals surface area contributed by atoms with Crippen LogP contribution in [0.2, 0.25) is 5.02 Å². The summed E-state index contributed by atoms with van der Waals surface area (Å²) in [5.41, 5.74) is 1.15. The van der Waals surface area contributed by atoms with Gasteiger partial charge in [-0.25, -0.2) is 4.63 Å². The molecule has 0 atom stereocenters. The number of ether oxygens (including phenoxy) is 2. The van der Waals surface area contributed by atoms with Gasteiger partial charge in [-0.1, -0.05) is 17.7 Å². The highest BCUT2D eigenvalue weighted by Crippen LogP contribution is 2.26. The first-order chi connectivity index (χ1) is 12.2. The Morgan fingerprint density at radius 1 is 1.16 bits per heavy atom. The van der Waals surface area contributed by atoms with Crippen LogP contribution in [0.4, 0.5) is 5.82 Å². The lowest BCUT2D eigenvalue weighted by atomic mass is 10.1. The minimum Gasteiger partial charge on any atom is -0.497 e. The van der Waals surface area contributed by atoms with Gasteiger partial charge in [0.2, 0.25) is 5.82 Å². The molecule has 0 aliphatic carbocycles. The molecule has 0 fully saturated rings. The van der Waals surface area contributed by atoms with Crippen LogP contribution in [0, 0.1) is 0 Å². The minimum atomic E-state index is -0.398. The number of benzene rings is 2. The number of carbonyl (C=O) groups excluding carboxylic acids is 1. The summed E-state index contributed by atoms with van der Waals surface area (Å²) in [6.45, 7) is -0.199. The Labute approximate surface area is 148 Å². The summed E-state index contributed by atoms with van der Waals surface area (Å²) < 4.78 is 15.2. The van der Waals surface area contributed by atoms with Crippen molar-refractivity contribution >= 4 is 23.3 Å². The Hall–Kier alpha value is -3.06. The second-order valence-corrected chi connectivity index (χ2v) is 5.42. The van der Waals surface area contributed by atoms with Crippen LogP contribution in [0.15, 0.2) is 53.2 Å². The Kier molecular flexibility index (Phi) is 5.15. The molecule has 128 valence electrons. The van der Waals surface area contributed by atoms with Gasteiger partial charge >= 0.3 is 0 Å². The molecule has 0 saturated carbocycles. The molecule has 1 N–H and O–H groups in total. The number of anilines is 1. The third-order valence-corrected chi connectivity index (χ3v) is 3.51. The lowest BCUT2D eigenvalue weighted by Crippen LogP contribution is -2.20. The van der Waals surface area contributed by atoms with Gasteiger partial charge in [0.15, 0.2) is 12.3 Å². The summed E-state index contributed by atoms with van der Waals surface area (Å²) in [6, 6.07) is 13.9. The number of nitrogens with one attached hydrogen (secondary N) is 1. The summed E-state index contributed by atoms with van der Waals surface area (Å²) >= 11 is 5.87. The largest absolute Gasteiger partial charge is 0.497 e. The zero-order chi connectivity index (χ0) is 17.6. The number of hydrogen-bond donors (Lipinski definition) is 1.